The molecule has 0 aliphatic carbocycles. The molecule has 1 unspecified atom stereocenters. The molecule has 0 aromatic carbocycles. The predicted octanol–water partition coefficient (Wildman–Crippen LogP) is 2.18. The summed E-state index contributed by atoms with van der Waals surface area (Å²) in [5.74, 6) is 1.36. The lowest BCUT2D eigenvalue weighted by Crippen LogP contribution is -2.33. The fourth-order valence-electron chi connectivity index (χ4n) is 2.44. The number of hydrogen-bond acceptors (Lipinski definition) is 4. The second-order valence-electron chi connectivity index (χ2n) is 5.01. The normalized spacial score (nSPS) is 19.2. The number of amides is 1. The zero-order valence-corrected chi connectivity index (χ0v) is 12.4. The number of carbonyl (C=O) groups excluding carboxylic acids is 1. The van der Waals surface area contributed by atoms with Crippen LogP contribution in [-0.2, 0) is 0 Å². The summed E-state index contributed by atoms with van der Waals surface area (Å²) in [4.78, 5) is 13.9. The van der Waals surface area contributed by atoms with Crippen molar-refractivity contribution >= 4 is 17.2 Å². The van der Waals surface area contributed by atoms with Gasteiger partial charge in [0.2, 0.25) is 0 Å². The summed E-state index contributed by atoms with van der Waals surface area (Å²) in [5.41, 5.74) is 0. The van der Waals surface area contributed by atoms with Crippen molar-refractivity contribution in [2.45, 2.75) is 26.2 Å². The molecule has 2 rings (SSSR count). The lowest BCUT2D eigenvalue weighted by molar-refractivity contribution is 0.0952. The number of nitrogens with one attached hydrogen (secondary N) is 2. The van der Waals surface area contributed by atoms with Gasteiger partial charge in [-0.3, -0.25) is 4.79 Å². The van der Waals surface area contributed by atoms with Gasteiger partial charge in [0.05, 0.1) is 7.11 Å². The van der Waals surface area contributed by atoms with Crippen molar-refractivity contribution < 1.29 is 9.53 Å². The summed E-state index contributed by atoms with van der Waals surface area (Å²) in [5, 5.41) is 6.39. The van der Waals surface area contributed by atoms with Crippen molar-refractivity contribution in [1.82, 2.24) is 10.6 Å². The smallest absolute Gasteiger partial charge is 0.265 e. The van der Waals surface area contributed by atoms with Crippen molar-refractivity contribution in [3.05, 3.63) is 15.8 Å². The second kappa shape index (κ2) is 6.91. The SMILES string of the molecule is COc1cc(C)sc1C(=O)NCCC1CCCNC1. The molecule has 2 N–H and O–H groups in total. The van der Waals surface area contributed by atoms with Gasteiger partial charge >= 0.3 is 0 Å². The molecule has 1 amide bonds. The van der Waals surface area contributed by atoms with Crippen LogP contribution in [0.4, 0.5) is 0 Å². The highest BCUT2D eigenvalue weighted by atomic mass is 32.1. The molecule has 1 aliphatic rings. The Balaban J connectivity index is 1.80. The third-order valence-corrected chi connectivity index (χ3v) is 4.51. The maximum Gasteiger partial charge on any atom is 0.265 e. The molecule has 1 fully saturated rings. The monoisotopic (exact) mass is 282 g/mol. The van der Waals surface area contributed by atoms with E-state index >= 15 is 0 Å². The Morgan fingerprint density at radius 1 is 1.63 bits per heavy atom. The fraction of sp³-hybridized carbons (Fsp3) is 0.643. The molecule has 2 heterocycles. The molecule has 0 spiro atoms. The molecule has 0 bridgehead atoms. The molecule has 1 aromatic heterocycles. The largest absolute Gasteiger partial charge is 0.495 e. The lowest BCUT2D eigenvalue weighted by atomic mass is 9.96. The van der Waals surface area contributed by atoms with E-state index in [0.717, 1.165) is 30.9 Å². The molecule has 1 saturated heterocycles. The number of carbonyl (C=O) groups is 1. The van der Waals surface area contributed by atoms with Crippen LogP contribution in [0.25, 0.3) is 0 Å². The highest BCUT2D eigenvalue weighted by Gasteiger charge is 2.17. The Bertz CT molecular complexity index is 425. The van der Waals surface area contributed by atoms with Crippen molar-refractivity contribution in [3.8, 4) is 5.75 Å². The maximum absolute atomic E-state index is 12.1. The zero-order chi connectivity index (χ0) is 13.7. The van der Waals surface area contributed by atoms with Gasteiger partial charge in [-0.2, -0.15) is 0 Å². The van der Waals surface area contributed by atoms with Gasteiger partial charge in [0.25, 0.3) is 5.91 Å². The quantitative estimate of drug-likeness (QED) is 0.870. The first kappa shape index (κ1) is 14.3. The van der Waals surface area contributed by atoms with E-state index < -0.39 is 0 Å². The molecule has 1 aliphatic heterocycles. The van der Waals surface area contributed by atoms with Gasteiger partial charge in [-0.25, -0.2) is 0 Å². The summed E-state index contributed by atoms with van der Waals surface area (Å²) in [6.07, 6.45) is 3.56. The van der Waals surface area contributed by atoms with E-state index in [0.29, 0.717) is 16.5 Å². The molecular formula is C14H22N2O2S. The van der Waals surface area contributed by atoms with Crippen LogP contribution in [0.2, 0.25) is 0 Å². The molecule has 4 nitrogen and oxygen atoms in total. The third-order valence-electron chi connectivity index (χ3n) is 3.48. The maximum atomic E-state index is 12.1. The third kappa shape index (κ3) is 3.94. The topological polar surface area (TPSA) is 50.4 Å². The Labute approximate surface area is 118 Å². The van der Waals surface area contributed by atoms with Crippen LogP contribution in [0.3, 0.4) is 0 Å². The van der Waals surface area contributed by atoms with E-state index in [9.17, 15) is 4.79 Å². The van der Waals surface area contributed by atoms with Crippen molar-refractivity contribution in [3.63, 3.8) is 0 Å². The molecule has 19 heavy (non-hydrogen) atoms. The van der Waals surface area contributed by atoms with E-state index in [1.54, 1.807) is 7.11 Å². The molecule has 1 atom stereocenters. The molecule has 106 valence electrons. The number of hydrogen-bond donors (Lipinski definition) is 2. The van der Waals surface area contributed by atoms with Gasteiger partial charge in [0, 0.05) is 11.4 Å². The summed E-state index contributed by atoms with van der Waals surface area (Å²) in [6.45, 7) is 4.94. The standard InChI is InChI=1S/C14H22N2O2S/c1-10-8-12(18-2)13(19-10)14(17)16-7-5-11-4-3-6-15-9-11/h8,11,15H,3-7,9H2,1-2H3,(H,16,17). The minimum Gasteiger partial charge on any atom is -0.495 e. The molecular weight excluding hydrogens is 260 g/mol. The molecule has 1 aromatic rings. The number of rotatable bonds is 5. The number of ether oxygens (including phenoxy) is 1. The molecule has 5 heteroatoms. The van der Waals surface area contributed by atoms with Gasteiger partial charge in [-0.05, 0) is 51.3 Å². The van der Waals surface area contributed by atoms with Crippen LogP contribution in [0.1, 0.15) is 33.8 Å². The lowest BCUT2D eigenvalue weighted by Gasteiger charge is -2.22. The van der Waals surface area contributed by atoms with Gasteiger partial charge < -0.3 is 15.4 Å². The first-order valence-electron chi connectivity index (χ1n) is 6.84. The number of piperidine rings is 1. The summed E-state index contributed by atoms with van der Waals surface area (Å²) < 4.78 is 5.22. The fourth-order valence-corrected chi connectivity index (χ4v) is 3.34. The van der Waals surface area contributed by atoms with Gasteiger partial charge in [0.15, 0.2) is 0 Å². The average Bonchev–Trinajstić information content (AvgIpc) is 2.81. The van der Waals surface area contributed by atoms with E-state index in [1.165, 1.54) is 24.2 Å². The zero-order valence-electron chi connectivity index (χ0n) is 11.6. The highest BCUT2D eigenvalue weighted by Crippen LogP contribution is 2.28. The number of aryl methyl sites for hydroxylation is 1. The molecule has 0 saturated carbocycles. The summed E-state index contributed by atoms with van der Waals surface area (Å²) in [7, 11) is 1.60. The number of methoxy groups -OCH3 is 1. The van der Waals surface area contributed by atoms with E-state index in [1.807, 2.05) is 13.0 Å². The summed E-state index contributed by atoms with van der Waals surface area (Å²) >= 11 is 1.48. The highest BCUT2D eigenvalue weighted by molar-refractivity contribution is 7.14. The van der Waals surface area contributed by atoms with Crippen LogP contribution in [0.5, 0.6) is 5.75 Å². The second-order valence-corrected chi connectivity index (χ2v) is 6.27. The Morgan fingerprint density at radius 3 is 3.16 bits per heavy atom. The Morgan fingerprint density at radius 2 is 2.47 bits per heavy atom. The first-order chi connectivity index (χ1) is 9.20. The Kier molecular flexibility index (Phi) is 5.22. The Hall–Kier alpha value is -1.07. The number of thiophene rings is 1. The van der Waals surface area contributed by atoms with Crippen LogP contribution in [-0.4, -0.2) is 32.7 Å². The van der Waals surface area contributed by atoms with E-state index in [4.69, 9.17) is 4.74 Å². The molecule has 0 radical (unpaired) electrons. The van der Waals surface area contributed by atoms with Crippen molar-refractivity contribution in [2.24, 2.45) is 5.92 Å². The van der Waals surface area contributed by atoms with Crippen LogP contribution < -0.4 is 15.4 Å². The van der Waals surface area contributed by atoms with E-state index in [-0.39, 0.29) is 5.91 Å². The van der Waals surface area contributed by atoms with Crippen LogP contribution in [0.15, 0.2) is 6.07 Å². The van der Waals surface area contributed by atoms with Crippen LogP contribution >= 0.6 is 11.3 Å². The first-order valence-corrected chi connectivity index (χ1v) is 7.65. The van der Waals surface area contributed by atoms with Crippen molar-refractivity contribution in [2.75, 3.05) is 26.7 Å². The van der Waals surface area contributed by atoms with Gasteiger partial charge in [0.1, 0.15) is 10.6 Å². The summed E-state index contributed by atoms with van der Waals surface area (Å²) in [6, 6.07) is 1.91. The van der Waals surface area contributed by atoms with Gasteiger partial charge in [-0.15, -0.1) is 11.3 Å². The van der Waals surface area contributed by atoms with Crippen molar-refractivity contribution in [1.29, 1.82) is 0 Å². The van der Waals surface area contributed by atoms with E-state index in [2.05, 4.69) is 10.6 Å². The predicted molar refractivity (Wildman–Crippen MR) is 78.2 cm³/mol. The average molecular weight is 282 g/mol. The minimum absolute atomic E-state index is 0.0151. The minimum atomic E-state index is -0.0151. The van der Waals surface area contributed by atoms with Crippen LogP contribution in [0, 0.1) is 12.8 Å². The van der Waals surface area contributed by atoms with Gasteiger partial charge in [-0.1, -0.05) is 0 Å².